The lowest BCUT2D eigenvalue weighted by Crippen LogP contribution is -2.52. The molecule has 128 valence electrons. The van der Waals surface area contributed by atoms with Gasteiger partial charge in [-0.2, -0.15) is 0 Å². The minimum absolute atomic E-state index is 0.779. The van der Waals surface area contributed by atoms with Gasteiger partial charge in [-0.15, -0.1) is 0 Å². The van der Waals surface area contributed by atoms with Crippen molar-refractivity contribution in [2.24, 2.45) is 0 Å². The van der Waals surface area contributed by atoms with Crippen molar-refractivity contribution in [3.8, 4) is 0 Å². The number of aromatic nitrogens is 2. The Kier molecular flexibility index (Phi) is 5.46. The monoisotopic (exact) mass is 318 g/mol. The van der Waals surface area contributed by atoms with E-state index >= 15 is 0 Å². The first-order valence-corrected chi connectivity index (χ1v) is 8.75. The first-order chi connectivity index (χ1) is 11.1. The van der Waals surface area contributed by atoms with Crippen LogP contribution in [0.15, 0.2) is 12.4 Å². The number of piperazine rings is 1. The first kappa shape index (κ1) is 16.6. The minimum atomic E-state index is 0.779. The molecule has 0 radical (unpaired) electrons. The van der Waals surface area contributed by atoms with E-state index < -0.39 is 0 Å². The maximum atomic E-state index is 4.41. The third kappa shape index (κ3) is 4.40. The molecule has 2 aliphatic heterocycles. The lowest BCUT2D eigenvalue weighted by molar-refractivity contribution is 0.0617. The van der Waals surface area contributed by atoms with Crippen molar-refractivity contribution in [1.82, 2.24) is 24.7 Å². The van der Waals surface area contributed by atoms with E-state index in [1.807, 2.05) is 31.4 Å². The van der Waals surface area contributed by atoms with Gasteiger partial charge in [0, 0.05) is 70.8 Å². The molecular weight excluding hydrogens is 288 g/mol. The summed E-state index contributed by atoms with van der Waals surface area (Å²) in [5, 5.41) is 0. The van der Waals surface area contributed by atoms with E-state index in [0.717, 1.165) is 31.6 Å². The molecule has 0 N–H and O–H groups in total. The summed E-state index contributed by atoms with van der Waals surface area (Å²) in [5.74, 6) is 0.779. The summed E-state index contributed by atoms with van der Waals surface area (Å²) in [6, 6.07) is 0.802. The number of anilines is 1. The highest BCUT2D eigenvalue weighted by Crippen LogP contribution is 2.18. The van der Waals surface area contributed by atoms with Crippen LogP contribution >= 0.6 is 0 Å². The zero-order valence-electron chi connectivity index (χ0n) is 14.8. The third-order valence-corrected chi connectivity index (χ3v) is 5.11. The van der Waals surface area contributed by atoms with Crippen molar-refractivity contribution in [2.75, 3.05) is 65.3 Å². The Morgan fingerprint density at radius 1 is 1.00 bits per heavy atom. The van der Waals surface area contributed by atoms with Crippen LogP contribution in [-0.2, 0) is 6.54 Å². The van der Waals surface area contributed by atoms with E-state index in [1.54, 1.807) is 0 Å². The summed E-state index contributed by atoms with van der Waals surface area (Å²) in [6.07, 6.45) is 6.59. The van der Waals surface area contributed by atoms with E-state index in [-0.39, 0.29) is 0 Å². The molecule has 2 saturated heterocycles. The van der Waals surface area contributed by atoms with Gasteiger partial charge in [-0.3, -0.25) is 9.80 Å². The SMILES string of the molecule is CN1CCC(N2CCN(Cc3cnc(N(C)C)nc3)CC2)CC1. The number of nitrogens with zero attached hydrogens (tertiary/aromatic N) is 6. The van der Waals surface area contributed by atoms with Gasteiger partial charge >= 0.3 is 0 Å². The molecule has 6 heteroatoms. The van der Waals surface area contributed by atoms with Crippen LogP contribution < -0.4 is 4.90 Å². The Morgan fingerprint density at radius 3 is 2.17 bits per heavy atom. The van der Waals surface area contributed by atoms with Crippen LogP contribution in [0.25, 0.3) is 0 Å². The molecule has 0 aromatic carbocycles. The lowest BCUT2D eigenvalue weighted by Gasteiger charge is -2.42. The van der Waals surface area contributed by atoms with Crippen molar-refractivity contribution in [3.05, 3.63) is 18.0 Å². The third-order valence-electron chi connectivity index (χ3n) is 5.11. The van der Waals surface area contributed by atoms with Crippen LogP contribution in [0.4, 0.5) is 5.95 Å². The van der Waals surface area contributed by atoms with Crippen LogP contribution in [0.2, 0.25) is 0 Å². The smallest absolute Gasteiger partial charge is 0.224 e. The maximum Gasteiger partial charge on any atom is 0.224 e. The van der Waals surface area contributed by atoms with E-state index in [1.165, 1.54) is 44.6 Å². The number of hydrogen-bond acceptors (Lipinski definition) is 6. The standard InChI is InChI=1S/C17H30N6/c1-20(2)17-18-12-15(13-19-17)14-22-8-10-23(11-9-22)16-4-6-21(3)7-5-16/h12-13,16H,4-11,14H2,1-3H3. The van der Waals surface area contributed by atoms with Gasteiger partial charge < -0.3 is 9.80 Å². The van der Waals surface area contributed by atoms with Crippen molar-refractivity contribution in [2.45, 2.75) is 25.4 Å². The maximum absolute atomic E-state index is 4.41. The second-order valence-corrected chi connectivity index (χ2v) is 7.13. The molecule has 1 aromatic rings. The molecule has 0 bridgehead atoms. The number of hydrogen-bond donors (Lipinski definition) is 0. The Morgan fingerprint density at radius 2 is 1.61 bits per heavy atom. The molecule has 0 unspecified atom stereocenters. The average Bonchev–Trinajstić information content (AvgIpc) is 2.57. The molecule has 0 atom stereocenters. The van der Waals surface area contributed by atoms with Crippen LogP contribution in [0.3, 0.4) is 0 Å². The second-order valence-electron chi connectivity index (χ2n) is 7.13. The fourth-order valence-corrected chi connectivity index (χ4v) is 3.57. The zero-order chi connectivity index (χ0) is 16.2. The predicted molar refractivity (Wildman–Crippen MR) is 93.7 cm³/mol. The molecule has 2 aliphatic rings. The summed E-state index contributed by atoms with van der Waals surface area (Å²) in [7, 11) is 6.17. The topological polar surface area (TPSA) is 38.7 Å². The Labute approximate surface area is 140 Å². The van der Waals surface area contributed by atoms with Crippen molar-refractivity contribution < 1.29 is 0 Å². The fraction of sp³-hybridized carbons (Fsp3) is 0.765. The van der Waals surface area contributed by atoms with Gasteiger partial charge in [-0.25, -0.2) is 9.97 Å². The molecule has 0 amide bonds. The molecule has 0 spiro atoms. The molecule has 0 aliphatic carbocycles. The largest absolute Gasteiger partial charge is 0.347 e. The molecular formula is C17H30N6. The summed E-state index contributed by atoms with van der Waals surface area (Å²) in [4.78, 5) is 18.4. The van der Waals surface area contributed by atoms with Gasteiger partial charge in [-0.1, -0.05) is 0 Å². The van der Waals surface area contributed by atoms with Crippen LogP contribution in [0, 0.1) is 0 Å². The summed E-state index contributed by atoms with van der Waals surface area (Å²) in [5.41, 5.74) is 1.21. The molecule has 2 fully saturated rings. The van der Waals surface area contributed by atoms with E-state index in [0.29, 0.717) is 0 Å². The van der Waals surface area contributed by atoms with Gasteiger partial charge in [-0.05, 0) is 33.0 Å². The van der Waals surface area contributed by atoms with Gasteiger partial charge in [0.05, 0.1) is 0 Å². The average molecular weight is 318 g/mol. The van der Waals surface area contributed by atoms with E-state index in [4.69, 9.17) is 0 Å². The van der Waals surface area contributed by atoms with Crippen LogP contribution in [0.5, 0.6) is 0 Å². The number of likely N-dealkylation sites (tertiary alicyclic amines) is 1. The van der Waals surface area contributed by atoms with Crippen molar-refractivity contribution in [3.63, 3.8) is 0 Å². The highest BCUT2D eigenvalue weighted by molar-refractivity contribution is 5.26. The second kappa shape index (κ2) is 7.55. The Balaban J connectivity index is 1.45. The quantitative estimate of drug-likeness (QED) is 0.816. The summed E-state index contributed by atoms with van der Waals surface area (Å²) in [6.45, 7) is 8.18. The Bertz CT molecular complexity index is 472. The van der Waals surface area contributed by atoms with E-state index in [2.05, 4.69) is 31.7 Å². The van der Waals surface area contributed by atoms with Crippen molar-refractivity contribution in [1.29, 1.82) is 0 Å². The van der Waals surface area contributed by atoms with Crippen molar-refractivity contribution >= 4 is 5.95 Å². The molecule has 3 heterocycles. The first-order valence-electron chi connectivity index (χ1n) is 8.75. The van der Waals surface area contributed by atoms with E-state index in [9.17, 15) is 0 Å². The Hall–Kier alpha value is -1.24. The minimum Gasteiger partial charge on any atom is -0.347 e. The van der Waals surface area contributed by atoms with Gasteiger partial charge in [0.25, 0.3) is 0 Å². The lowest BCUT2D eigenvalue weighted by atomic mass is 10.0. The molecule has 0 saturated carbocycles. The predicted octanol–water partition coefficient (Wildman–Crippen LogP) is 0.754. The van der Waals surface area contributed by atoms with Crippen LogP contribution in [-0.4, -0.2) is 91.1 Å². The van der Waals surface area contributed by atoms with Gasteiger partial charge in [0.15, 0.2) is 0 Å². The number of piperidine rings is 1. The van der Waals surface area contributed by atoms with Gasteiger partial charge in [0.1, 0.15) is 0 Å². The molecule has 6 nitrogen and oxygen atoms in total. The van der Waals surface area contributed by atoms with Gasteiger partial charge in [0.2, 0.25) is 5.95 Å². The normalized spacial score (nSPS) is 22.4. The van der Waals surface area contributed by atoms with Crippen LogP contribution in [0.1, 0.15) is 18.4 Å². The molecule has 1 aromatic heterocycles. The summed E-state index contributed by atoms with van der Waals surface area (Å²) >= 11 is 0. The molecule has 23 heavy (non-hydrogen) atoms. The number of rotatable bonds is 4. The highest BCUT2D eigenvalue weighted by atomic mass is 15.3. The summed E-state index contributed by atoms with van der Waals surface area (Å²) < 4.78 is 0. The fourth-order valence-electron chi connectivity index (χ4n) is 3.57. The molecule has 3 rings (SSSR count). The highest BCUT2D eigenvalue weighted by Gasteiger charge is 2.26. The zero-order valence-corrected chi connectivity index (χ0v) is 14.8.